The predicted octanol–water partition coefficient (Wildman–Crippen LogP) is 8.14. The third-order valence-electron chi connectivity index (χ3n) is 5.97. The minimum absolute atomic E-state index is 0.0649. The molecule has 37 heavy (non-hydrogen) atoms. The van der Waals surface area contributed by atoms with Gasteiger partial charge in [-0.05, 0) is 75.5 Å². The molecule has 2 unspecified atom stereocenters. The van der Waals surface area contributed by atoms with Gasteiger partial charge in [-0.1, -0.05) is 81.4 Å². The Morgan fingerprint density at radius 3 is 1.57 bits per heavy atom. The van der Waals surface area contributed by atoms with Crippen LogP contribution in [0, 0.1) is 5.41 Å². The molecule has 0 aliphatic rings. The Morgan fingerprint density at radius 1 is 0.865 bits per heavy atom. The van der Waals surface area contributed by atoms with Crippen LogP contribution in [-0.2, 0) is 28.6 Å². The van der Waals surface area contributed by atoms with Crippen LogP contribution >= 0.6 is 0 Å². The van der Waals surface area contributed by atoms with Gasteiger partial charge in [-0.3, -0.25) is 13.8 Å². The number of esters is 1. The average molecular weight is 543 g/mol. The van der Waals surface area contributed by atoms with E-state index in [0.717, 1.165) is 12.0 Å². The summed E-state index contributed by atoms with van der Waals surface area (Å²) < 4.78 is 37.9. The van der Waals surface area contributed by atoms with Crippen molar-refractivity contribution >= 4 is 21.9 Å². The van der Waals surface area contributed by atoms with Crippen LogP contribution in [-0.4, -0.2) is 32.4 Å². The first-order valence-electron chi connectivity index (χ1n) is 13.7. The van der Waals surface area contributed by atoms with E-state index in [1.807, 2.05) is 67.5 Å². The highest BCUT2D eigenvalue weighted by Crippen LogP contribution is 2.37. The molecule has 0 aromatic heterocycles. The summed E-state index contributed by atoms with van der Waals surface area (Å²) in [6.07, 6.45) is 0.935. The van der Waals surface area contributed by atoms with Crippen LogP contribution in [0.5, 0.6) is 0 Å². The average Bonchev–Trinajstić information content (AvgIpc) is 2.82. The standard InChI is InChI=1S/C26H42O6S.2C2H6/c1-12-18(6)20-13-21(16(2)3)23(22(14-20)17(4)5)33(29,30)31-15-26(11,19(7)27)24(28)32-25(8,9)10;2*1-2/h13-14,16-18H,12,15H2,1-11H3;2*1-2H3. The fourth-order valence-electron chi connectivity index (χ4n) is 3.31. The van der Waals surface area contributed by atoms with E-state index in [9.17, 15) is 18.0 Å². The number of hydrogen-bond donors (Lipinski definition) is 0. The van der Waals surface area contributed by atoms with E-state index in [1.165, 1.54) is 13.8 Å². The van der Waals surface area contributed by atoms with E-state index in [-0.39, 0.29) is 22.6 Å². The minimum atomic E-state index is -4.26. The second-order valence-electron chi connectivity index (χ2n) is 10.8. The van der Waals surface area contributed by atoms with Crippen molar-refractivity contribution in [1.29, 1.82) is 0 Å². The molecule has 6 nitrogen and oxygen atoms in total. The summed E-state index contributed by atoms with van der Waals surface area (Å²) in [7, 11) is -4.26. The molecule has 1 aromatic carbocycles. The van der Waals surface area contributed by atoms with E-state index in [1.54, 1.807) is 20.8 Å². The van der Waals surface area contributed by atoms with Crippen LogP contribution in [0.2, 0.25) is 0 Å². The molecule has 0 bridgehead atoms. The fraction of sp³-hybridized carbons (Fsp3) is 0.733. The van der Waals surface area contributed by atoms with Crippen molar-refractivity contribution in [1.82, 2.24) is 0 Å². The quantitative estimate of drug-likeness (QED) is 0.168. The maximum atomic E-state index is 13.5. The number of carbonyl (C=O) groups is 2. The van der Waals surface area contributed by atoms with Gasteiger partial charge in [-0.25, -0.2) is 0 Å². The first kappa shape index (κ1) is 37.4. The van der Waals surface area contributed by atoms with Crippen molar-refractivity contribution in [3.63, 3.8) is 0 Å². The molecule has 2 atom stereocenters. The highest BCUT2D eigenvalue weighted by atomic mass is 32.2. The molecule has 0 aliphatic carbocycles. The van der Waals surface area contributed by atoms with Crippen LogP contribution in [0.25, 0.3) is 0 Å². The monoisotopic (exact) mass is 542 g/mol. The molecule has 0 fully saturated rings. The molecule has 0 saturated heterocycles. The lowest BCUT2D eigenvalue weighted by molar-refractivity contribution is -0.170. The highest BCUT2D eigenvalue weighted by molar-refractivity contribution is 7.86. The van der Waals surface area contributed by atoms with E-state index in [2.05, 4.69) is 13.8 Å². The number of ketones is 1. The number of Topliss-reactive ketones (excluding diaryl/α,β-unsaturated/α-hetero) is 1. The summed E-state index contributed by atoms with van der Waals surface area (Å²) in [4.78, 5) is 25.3. The molecule has 216 valence electrons. The first-order chi connectivity index (χ1) is 16.9. The zero-order chi connectivity index (χ0) is 29.9. The zero-order valence-electron chi connectivity index (χ0n) is 26.2. The normalized spacial score (nSPS) is 14.1. The van der Waals surface area contributed by atoms with Gasteiger partial charge in [0.1, 0.15) is 21.7 Å². The maximum absolute atomic E-state index is 13.5. The maximum Gasteiger partial charge on any atom is 0.322 e. The highest BCUT2D eigenvalue weighted by Gasteiger charge is 2.44. The van der Waals surface area contributed by atoms with Gasteiger partial charge in [0.2, 0.25) is 0 Å². The van der Waals surface area contributed by atoms with Crippen LogP contribution in [0.1, 0.15) is 145 Å². The van der Waals surface area contributed by atoms with Crippen LogP contribution < -0.4 is 0 Å². The summed E-state index contributed by atoms with van der Waals surface area (Å²) in [5.74, 6) is -1.18. The third kappa shape index (κ3) is 10.5. The van der Waals surface area contributed by atoms with Crippen LogP contribution in [0.4, 0.5) is 0 Å². The second kappa shape index (κ2) is 15.6. The Hall–Kier alpha value is -1.73. The van der Waals surface area contributed by atoms with Crippen molar-refractivity contribution in [2.75, 3.05) is 6.61 Å². The van der Waals surface area contributed by atoms with Gasteiger partial charge in [0, 0.05) is 0 Å². The Labute approximate surface area is 228 Å². The molecular formula is C30H54O6S. The van der Waals surface area contributed by atoms with E-state index in [4.69, 9.17) is 8.92 Å². The third-order valence-corrected chi connectivity index (χ3v) is 7.37. The summed E-state index contributed by atoms with van der Waals surface area (Å²) in [5.41, 5.74) is -0.121. The molecule has 1 aromatic rings. The smallest absolute Gasteiger partial charge is 0.322 e. The summed E-state index contributed by atoms with van der Waals surface area (Å²) in [5, 5.41) is 0. The van der Waals surface area contributed by atoms with Gasteiger partial charge in [0.25, 0.3) is 10.1 Å². The molecule has 0 spiro atoms. The lowest BCUT2D eigenvalue weighted by Crippen LogP contribution is -2.44. The molecule has 1 rings (SSSR count). The lowest BCUT2D eigenvalue weighted by atomic mass is 9.87. The second-order valence-corrected chi connectivity index (χ2v) is 12.3. The van der Waals surface area contributed by atoms with Gasteiger partial charge in [-0.2, -0.15) is 8.42 Å². The van der Waals surface area contributed by atoms with E-state index in [0.29, 0.717) is 11.1 Å². The summed E-state index contributed by atoms with van der Waals surface area (Å²) in [6, 6.07) is 3.89. The number of carbonyl (C=O) groups excluding carboxylic acids is 2. The lowest BCUT2D eigenvalue weighted by Gasteiger charge is -2.29. The number of benzene rings is 1. The summed E-state index contributed by atoms with van der Waals surface area (Å²) in [6.45, 7) is 27.0. The largest absolute Gasteiger partial charge is 0.459 e. The molecule has 0 amide bonds. The van der Waals surface area contributed by atoms with Gasteiger partial charge in [-0.15, -0.1) is 0 Å². The fourth-order valence-corrected chi connectivity index (χ4v) is 4.99. The molecule has 0 N–H and O–H groups in total. The van der Waals surface area contributed by atoms with Gasteiger partial charge in [0.05, 0.1) is 6.61 Å². The first-order valence-corrected chi connectivity index (χ1v) is 15.1. The Bertz CT molecular complexity index is 941. The number of ether oxygens (including phenoxy) is 1. The zero-order valence-corrected chi connectivity index (χ0v) is 27.0. The van der Waals surface area contributed by atoms with Gasteiger partial charge in [0.15, 0.2) is 0 Å². The molecule has 7 heteroatoms. The van der Waals surface area contributed by atoms with E-state index < -0.39 is 39.5 Å². The van der Waals surface area contributed by atoms with Crippen molar-refractivity contribution in [2.45, 2.75) is 139 Å². The van der Waals surface area contributed by atoms with Crippen LogP contribution in [0.15, 0.2) is 17.0 Å². The van der Waals surface area contributed by atoms with Crippen molar-refractivity contribution < 1.29 is 26.9 Å². The number of rotatable bonds is 10. The van der Waals surface area contributed by atoms with Crippen molar-refractivity contribution in [2.24, 2.45) is 5.41 Å². The summed E-state index contributed by atoms with van der Waals surface area (Å²) >= 11 is 0. The number of hydrogen-bond acceptors (Lipinski definition) is 6. The van der Waals surface area contributed by atoms with E-state index >= 15 is 0 Å². The Morgan fingerprint density at radius 2 is 1.27 bits per heavy atom. The van der Waals surface area contributed by atoms with Gasteiger partial charge >= 0.3 is 5.97 Å². The molecule has 0 aliphatic heterocycles. The SMILES string of the molecule is CC.CC.CCC(C)c1cc(C(C)C)c(S(=O)(=O)OCC(C)(C(C)=O)C(=O)OC(C)(C)C)c(C(C)C)c1. The minimum Gasteiger partial charge on any atom is -0.459 e. The Kier molecular flexibility index (Phi) is 15.8. The topological polar surface area (TPSA) is 86.7 Å². The van der Waals surface area contributed by atoms with Crippen molar-refractivity contribution in [3.05, 3.63) is 28.8 Å². The molecular weight excluding hydrogens is 488 g/mol. The van der Waals surface area contributed by atoms with Crippen molar-refractivity contribution in [3.8, 4) is 0 Å². The molecule has 0 radical (unpaired) electrons. The molecule has 0 heterocycles. The van der Waals surface area contributed by atoms with Gasteiger partial charge < -0.3 is 4.74 Å². The predicted molar refractivity (Wildman–Crippen MR) is 154 cm³/mol. The Balaban J connectivity index is 0. The van der Waals surface area contributed by atoms with Crippen LogP contribution in [0.3, 0.4) is 0 Å². The molecule has 0 saturated carbocycles.